The van der Waals surface area contributed by atoms with Crippen molar-refractivity contribution in [3.8, 4) is 11.5 Å². The maximum atomic E-state index is 12.2. The third kappa shape index (κ3) is 3.41. The van der Waals surface area contributed by atoms with Crippen LogP contribution in [0.15, 0.2) is 42.5 Å². The van der Waals surface area contributed by atoms with E-state index in [1.807, 2.05) is 12.1 Å². The Morgan fingerprint density at radius 3 is 2.79 bits per heavy atom. The topological polar surface area (TPSA) is 90.7 Å². The highest BCUT2D eigenvalue weighted by molar-refractivity contribution is 6.33. The van der Waals surface area contributed by atoms with Gasteiger partial charge in [-0.25, -0.2) is 0 Å². The summed E-state index contributed by atoms with van der Waals surface area (Å²) in [5, 5.41) is 13.6. The van der Waals surface area contributed by atoms with Gasteiger partial charge in [0.15, 0.2) is 11.5 Å². The Balaban J connectivity index is 1.64. The fourth-order valence-corrected chi connectivity index (χ4v) is 2.47. The van der Waals surface area contributed by atoms with E-state index in [0.717, 1.165) is 6.07 Å². The van der Waals surface area contributed by atoms with Crippen LogP contribution in [0.3, 0.4) is 0 Å². The molecule has 1 amide bonds. The van der Waals surface area contributed by atoms with Crippen LogP contribution in [-0.4, -0.2) is 30.1 Å². The summed E-state index contributed by atoms with van der Waals surface area (Å²) < 4.78 is 11.3. The predicted molar refractivity (Wildman–Crippen MR) is 86.8 cm³/mol. The number of amides is 1. The first-order valence-electron chi connectivity index (χ1n) is 7.15. The van der Waals surface area contributed by atoms with Crippen LogP contribution in [0.2, 0.25) is 5.02 Å². The number of benzene rings is 2. The smallest absolute Gasteiger partial charge is 0.270 e. The molecule has 0 aliphatic carbocycles. The second-order valence-corrected chi connectivity index (χ2v) is 5.54. The molecule has 1 aliphatic rings. The van der Waals surface area contributed by atoms with E-state index in [2.05, 4.69) is 5.32 Å². The Kier molecular flexibility index (Phi) is 4.52. The normalized spacial score (nSPS) is 15.6. The van der Waals surface area contributed by atoms with Gasteiger partial charge in [-0.15, -0.1) is 0 Å². The van der Waals surface area contributed by atoms with Gasteiger partial charge in [0, 0.05) is 12.1 Å². The number of carbonyl (C=O) groups excluding carboxylic acids is 1. The third-order valence-corrected chi connectivity index (χ3v) is 3.79. The van der Waals surface area contributed by atoms with Gasteiger partial charge in [0.2, 0.25) is 0 Å². The van der Waals surface area contributed by atoms with Gasteiger partial charge < -0.3 is 14.8 Å². The fourth-order valence-electron chi connectivity index (χ4n) is 2.27. The Bertz CT molecular complexity index is 796. The number of carbonyl (C=O) groups is 1. The number of ether oxygens (including phenoxy) is 2. The molecule has 1 atom stereocenters. The lowest BCUT2D eigenvalue weighted by molar-refractivity contribution is -0.384. The molecule has 0 fully saturated rings. The van der Waals surface area contributed by atoms with E-state index in [4.69, 9.17) is 21.1 Å². The number of nitrogens with one attached hydrogen (secondary N) is 1. The summed E-state index contributed by atoms with van der Waals surface area (Å²) in [4.78, 5) is 22.4. The zero-order valence-corrected chi connectivity index (χ0v) is 13.2. The summed E-state index contributed by atoms with van der Waals surface area (Å²) >= 11 is 5.94. The molecular weight excluding hydrogens is 336 g/mol. The minimum absolute atomic E-state index is 0.0444. The van der Waals surface area contributed by atoms with Crippen molar-refractivity contribution < 1.29 is 19.2 Å². The third-order valence-electron chi connectivity index (χ3n) is 3.46. The molecule has 0 radical (unpaired) electrons. The van der Waals surface area contributed by atoms with Crippen LogP contribution in [0, 0.1) is 10.1 Å². The van der Waals surface area contributed by atoms with Crippen molar-refractivity contribution in [1.29, 1.82) is 0 Å². The Morgan fingerprint density at radius 1 is 1.29 bits per heavy atom. The second kappa shape index (κ2) is 6.76. The molecule has 0 bridgehead atoms. The van der Waals surface area contributed by atoms with Crippen molar-refractivity contribution in [2.45, 2.75) is 6.10 Å². The number of fused-ring (bicyclic) bond motifs is 1. The lowest BCUT2D eigenvalue weighted by Crippen LogP contribution is -2.40. The lowest BCUT2D eigenvalue weighted by atomic mass is 10.2. The van der Waals surface area contributed by atoms with Crippen LogP contribution in [0.5, 0.6) is 11.5 Å². The van der Waals surface area contributed by atoms with Gasteiger partial charge >= 0.3 is 0 Å². The molecule has 8 heteroatoms. The van der Waals surface area contributed by atoms with E-state index in [1.54, 1.807) is 12.1 Å². The molecule has 2 aromatic carbocycles. The summed E-state index contributed by atoms with van der Waals surface area (Å²) in [5.41, 5.74) is -0.154. The number of para-hydroxylation sites is 2. The molecule has 1 heterocycles. The minimum atomic E-state index is -0.581. The summed E-state index contributed by atoms with van der Waals surface area (Å²) in [6.07, 6.45) is -0.360. The molecule has 1 aliphatic heterocycles. The van der Waals surface area contributed by atoms with Crippen LogP contribution < -0.4 is 14.8 Å². The molecular formula is C16H13ClN2O5. The van der Waals surface area contributed by atoms with E-state index in [-0.39, 0.29) is 28.9 Å². The van der Waals surface area contributed by atoms with Gasteiger partial charge in [0.1, 0.15) is 12.7 Å². The van der Waals surface area contributed by atoms with Crippen molar-refractivity contribution in [2.24, 2.45) is 0 Å². The molecule has 24 heavy (non-hydrogen) atoms. The maximum absolute atomic E-state index is 12.2. The fraction of sp³-hybridized carbons (Fsp3) is 0.188. The Morgan fingerprint density at radius 2 is 2.04 bits per heavy atom. The molecule has 0 aromatic heterocycles. The number of non-ortho nitro benzene ring substituents is 1. The minimum Gasteiger partial charge on any atom is -0.486 e. The number of nitro groups is 1. The molecule has 3 rings (SSSR count). The highest BCUT2D eigenvalue weighted by Crippen LogP contribution is 2.30. The SMILES string of the molecule is O=C(NC[C@H]1COc2ccccc2O1)c1cc([N+](=O)[O-])ccc1Cl. The number of nitrogens with zero attached hydrogens (tertiary/aromatic N) is 1. The van der Waals surface area contributed by atoms with Gasteiger partial charge in [-0.1, -0.05) is 23.7 Å². The van der Waals surface area contributed by atoms with E-state index in [1.165, 1.54) is 12.1 Å². The van der Waals surface area contributed by atoms with Gasteiger partial charge in [-0.3, -0.25) is 14.9 Å². The van der Waals surface area contributed by atoms with Gasteiger partial charge in [-0.05, 0) is 18.2 Å². The van der Waals surface area contributed by atoms with Gasteiger partial charge in [0.25, 0.3) is 11.6 Å². The van der Waals surface area contributed by atoms with Crippen molar-refractivity contribution in [3.05, 3.63) is 63.2 Å². The van der Waals surface area contributed by atoms with Gasteiger partial charge in [-0.2, -0.15) is 0 Å². The lowest BCUT2D eigenvalue weighted by Gasteiger charge is -2.26. The summed E-state index contributed by atoms with van der Waals surface area (Å²) in [7, 11) is 0. The standard InChI is InChI=1S/C16H13ClN2O5/c17-13-6-5-10(19(21)22)7-12(13)16(20)18-8-11-9-23-14-3-1-2-4-15(14)24-11/h1-7,11H,8-9H2,(H,18,20)/t11-/m0/s1. The van der Waals surface area contributed by atoms with Crippen molar-refractivity contribution in [2.75, 3.05) is 13.2 Å². The second-order valence-electron chi connectivity index (χ2n) is 5.13. The Labute approximate surface area is 142 Å². The molecule has 7 nitrogen and oxygen atoms in total. The van der Waals surface area contributed by atoms with E-state index in [9.17, 15) is 14.9 Å². The number of halogens is 1. The highest BCUT2D eigenvalue weighted by atomic mass is 35.5. The molecule has 2 aromatic rings. The first kappa shape index (κ1) is 16.1. The summed E-state index contributed by atoms with van der Waals surface area (Å²) in [6.45, 7) is 0.478. The van der Waals surface area contributed by atoms with E-state index < -0.39 is 10.8 Å². The number of hydrogen-bond acceptors (Lipinski definition) is 5. The van der Waals surface area contributed by atoms with Crippen molar-refractivity contribution in [3.63, 3.8) is 0 Å². The average molecular weight is 349 g/mol. The molecule has 0 saturated heterocycles. The summed E-state index contributed by atoms with van der Waals surface area (Å²) in [5.74, 6) is 0.754. The number of rotatable bonds is 4. The van der Waals surface area contributed by atoms with Gasteiger partial charge in [0.05, 0.1) is 22.1 Å². The first-order chi connectivity index (χ1) is 11.5. The van der Waals surface area contributed by atoms with Crippen LogP contribution in [0.4, 0.5) is 5.69 Å². The van der Waals surface area contributed by atoms with Crippen molar-refractivity contribution >= 4 is 23.2 Å². The molecule has 0 spiro atoms. The number of nitro benzene ring substituents is 1. The quantitative estimate of drug-likeness (QED) is 0.677. The maximum Gasteiger partial charge on any atom is 0.270 e. The zero-order chi connectivity index (χ0) is 17.1. The van der Waals surface area contributed by atoms with E-state index >= 15 is 0 Å². The van der Waals surface area contributed by atoms with Crippen LogP contribution in [0.1, 0.15) is 10.4 Å². The zero-order valence-electron chi connectivity index (χ0n) is 12.4. The predicted octanol–water partition coefficient (Wildman–Crippen LogP) is 2.82. The van der Waals surface area contributed by atoms with Crippen LogP contribution >= 0.6 is 11.6 Å². The first-order valence-corrected chi connectivity index (χ1v) is 7.53. The molecule has 1 N–H and O–H groups in total. The largest absolute Gasteiger partial charge is 0.486 e. The highest BCUT2D eigenvalue weighted by Gasteiger charge is 2.22. The summed E-state index contributed by atoms with van der Waals surface area (Å²) in [6, 6.07) is 11.0. The number of hydrogen-bond donors (Lipinski definition) is 1. The Hall–Kier alpha value is -2.80. The molecule has 124 valence electrons. The monoisotopic (exact) mass is 348 g/mol. The van der Waals surface area contributed by atoms with Crippen LogP contribution in [0.25, 0.3) is 0 Å². The van der Waals surface area contributed by atoms with E-state index in [0.29, 0.717) is 18.1 Å². The average Bonchev–Trinajstić information content (AvgIpc) is 2.59. The van der Waals surface area contributed by atoms with Crippen molar-refractivity contribution in [1.82, 2.24) is 5.32 Å². The molecule has 0 unspecified atom stereocenters. The molecule has 0 saturated carbocycles. The van der Waals surface area contributed by atoms with Crippen LogP contribution in [-0.2, 0) is 0 Å².